The maximum absolute atomic E-state index is 11.8. The molecule has 0 radical (unpaired) electrons. The van der Waals surface area contributed by atoms with E-state index in [4.69, 9.17) is 5.11 Å². The number of hydrogen-bond donors (Lipinski definition) is 1. The molecule has 7 heteroatoms. The first kappa shape index (κ1) is 15.0. The summed E-state index contributed by atoms with van der Waals surface area (Å²) < 4.78 is 0. The Morgan fingerprint density at radius 3 is 2.83 bits per heavy atom. The molecule has 0 saturated carbocycles. The van der Waals surface area contributed by atoms with E-state index in [0.717, 1.165) is 23.2 Å². The van der Waals surface area contributed by atoms with Crippen LogP contribution in [0.25, 0.3) is 0 Å². The second-order valence-corrected chi connectivity index (χ2v) is 5.50. The molecule has 0 atom stereocenters. The van der Waals surface area contributed by atoms with Gasteiger partial charge in [-0.05, 0) is 6.92 Å². The lowest BCUT2D eigenvalue weighted by Crippen LogP contribution is -2.34. The lowest BCUT2D eigenvalue weighted by Gasteiger charge is -2.19. The molecule has 0 aromatic carbocycles. The third-order valence-electron chi connectivity index (χ3n) is 2.26. The van der Waals surface area contributed by atoms with E-state index >= 15 is 0 Å². The van der Waals surface area contributed by atoms with Crippen LogP contribution in [0.4, 0.5) is 0 Å². The summed E-state index contributed by atoms with van der Waals surface area (Å²) in [6.07, 6.45) is 2.50. The second-order valence-electron chi connectivity index (χ2n) is 3.54. The number of carboxylic acids is 1. The number of hydrogen-bond acceptors (Lipinski definition) is 5. The van der Waals surface area contributed by atoms with Gasteiger partial charge in [-0.3, -0.25) is 9.59 Å². The van der Waals surface area contributed by atoms with E-state index in [2.05, 4.69) is 4.98 Å². The second kappa shape index (κ2) is 8.10. The summed E-state index contributed by atoms with van der Waals surface area (Å²) in [5.74, 6) is -0.715. The Hall–Kier alpha value is -1.08. The summed E-state index contributed by atoms with van der Waals surface area (Å²) in [7, 11) is 0. The molecule has 0 fully saturated rings. The topological polar surface area (TPSA) is 70.5 Å². The van der Waals surface area contributed by atoms with E-state index in [0.29, 0.717) is 13.1 Å². The number of aromatic nitrogens is 1. The fourth-order valence-electron chi connectivity index (χ4n) is 1.38. The van der Waals surface area contributed by atoms with Gasteiger partial charge in [-0.1, -0.05) is 0 Å². The summed E-state index contributed by atoms with van der Waals surface area (Å²) in [5, 5.41) is 11.4. The molecule has 1 amide bonds. The highest BCUT2D eigenvalue weighted by molar-refractivity contribution is 8.00. The molecule has 0 aliphatic heterocycles. The van der Waals surface area contributed by atoms with Gasteiger partial charge >= 0.3 is 5.97 Å². The van der Waals surface area contributed by atoms with Gasteiger partial charge in [0.05, 0.1) is 16.5 Å². The SMILES string of the molecule is CCN(CCc1nccs1)C(=O)CSCC(=O)O. The van der Waals surface area contributed by atoms with E-state index < -0.39 is 5.97 Å². The summed E-state index contributed by atoms with van der Waals surface area (Å²) in [6, 6.07) is 0. The number of rotatable bonds is 8. The number of carbonyl (C=O) groups excluding carboxylic acids is 1. The van der Waals surface area contributed by atoms with E-state index in [1.54, 1.807) is 22.4 Å². The van der Waals surface area contributed by atoms with Crippen molar-refractivity contribution in [2.24, 2.45) is 0 Å². The molecule has 0 aliphatic carbocycles. The highest BCUT2D eigenvalue weighted by atomic mass is 32.2. The highest BCUT2D eigenvalue weighted by Crippen LogP contribution is 2.07. The Labute approximate surface area is 114 Å². The Morgan fingerprint density at radius 2 is 2.28 bits per heavy atom. The normalized spacial score (nSPS) is 10.3. The molecule has 0 unspecified atom stereocenters. The molecule has 1 aromatic rings. The maximum atomic E-state index is 11.8. The standard InChI is InChI=1S/C11H16N2O3S2/c1-2-13(5-3-9-12-4-6-18-9)10(14)7-17-8-11(15)16/h4,6H,2-3,5,7-8H2,1H3,(H,15,16). The third-order valence-corrected chi connectivity index (χ3v) is 4.01. The van der Waals surface area contributed by atoms with Crippen molar-refractivity contribution in [1.82, 2.24) is 9.88 Å². The first-order valence-corrected chi connectivity index (χ1v) is 7.62. The lowest BCUT2D eigenvalue weighted by molar-refractivity contribution is -0.133. The van der Waals surface area contributed by atoms with Crippen LogP contribution >= 0.6 is 23.1 Å². The van der Waals surface area contributed by atoms with Crippen molar-refractivity contribution in [3.05, 3.63) is 16.6 Å². The fraction of sp³-hybridized carbons (Fsp3) is 0.545. The third kappa shape index (κ3) is 5.50. The molecule has 0 bridgehead atoms. The van der Waals surface area contributed by atoms with Gasteiger partial charge in [0.25, 0.3) is 0 Å². The number of aliphatic carboxylic acids is 1. The van der Waals surface area contributed by atoms with Crippen molar-refractivity contribution in [3.8, 4) is 0 Å². The molecule has 0 aliphatic rings. The predicted octanol–water partition coefficient (Wildman–Crippen LogP) is 1.35. The number of thiazole rings is 1. The van der Waals surface area contributed by atoms with Crippen LogP contribution in [0.3, 0.4) is 0 Å². The molecule has 0 saturated heterocycles. The summed E-state index contributed by atoms with van der Waals surface area (Å²) in [6.45, 7) is 3.19. The number of nitrogens with zero attached hydrogens (tertiary/aromatic N) is 2. The zero-order valence-corrected chi connectivity index (χ0v) is 11.8. The molecule has 0 spiro atoms. The van der Waals surface area contributed by atoms with Crippen LogP contribution < -0.4 is 0 Å². The minimum absolute atomic E-state index is 0.0136. The van der Waals surface area contributed by atoms with E-state index in [-0.39, 0.29) is 17.4 Å². The van der Waals surface area contributed by atoms with Crippen LogP contribution in [0.2, 0.25) is 0 Å². The lowest BCUT2D eigenvalue weighted by atomic mass is 10.4. The Bertz CT molecular complexity index is 382. The predicted molar refractivity (Wildman–Crippen MR) is 73.0 cm³/mol. The smallest absolute Gasteiger partial charge is 0.313 e. The Kier molecular flexibility index (Phi) is 6.74. The molecule has 1 rings (SSSR count). The van der Waals surface area contributed by atoms with Crippen molar-refractivity contribution >= 4 is 35.0 Å². The summed E-state index contributed by atoms with van der Waals surface area (Å²) in [5.41, 5.74) is 0. The summed E-state index contributed by atoms with van der Waals surface area (Å²) in [4.78, 5) is 28.1. The number of thioether (sulfide) groups is 1. The van der Waals surface area contributed by atoms with Gasteiger partial charge < -0.3 is 10.0 Å². The van der Waals surface area contributed by atoms with E-state index in [1.165, 1.54) is 0 Å². The van der Waals surface area contributed by atoms with Crippen molar-refractivity contribution < 1.29 is 14.7 Å². The zero-order chi connectivity index (χ0) is 13.4. The minimum atomic E-state index is -0.890. The molecule has 100 valence electrons. The van der Waals surface area contributed by atoms with Gasteiger partial charge in [0.2, 0.25) is 5.91 Å². The summed E-state index contributed by atoms with van der Waals surface area (Å²) >= 11 is 2.71. The molecule has 1 N–H and O–H groups in total. The van der Waals surface area contributed by atoms with Gasteiger partial charge in [-0.15, -0.1) is 23.1 Å². The van der Waals surface area contributed by atoms with Crippen molar-refractivity contribution in [1.29, 1.82) is 0 Å². The number of likely N-dealkylation sites (N-methyl/N-ethyl adjacent to an activating group) is 1. The first-order valence-electron chi connectivity index (χ1n) is 5.59. The van der Waals surface area contributed by atoms with Crippen molar-refractivity contribution in [3.63, 3.8) is 0 Å². The average Bonchev–Trinajstić information content (AvgIpc) is 2.82. The molecular weight excluding hydrogens is 272 g/mol. The quantitative estimate of drug-likeness (QED) is 0.782. The first-order chi connectivity index (χ1) is 8.63. The van der Waals surface area contributed by atoms with Gasteiger partial charge in [-0.2, -0.15) is 0 Å². The van der Waals surface area contributed by atoms with Crippen LogP contribution in [-0.4, -0.2) is 51.5 Å². The number of carbonyl (C=O) groups is 2. The molecule has 1 heterocycles. The van der Waals surface area contributed by atoms with Crippen LogP contribution in [0.15, 0.2) is 11.6 Å². The molecule has 1 aromatic heterocycles. The van der Waals surface area contributed by atoms with Crippen LogP contribution in [0.1, 0.15) is 11.9 Å². The van der Waals surface area contributed by atoms with Gasteiger partial charge in [0.1, 0.15) is 0 Å². The van der Waals surface area contributed by atoms with Crippen molar-refractivity contribution in [2.75, 3.05) is 24.6 Å². The zero-order valence-electron chi connectivity index (χ0n) is 10.2. The highest BCUT2D eigenvalue weighted by Gasteiger charge is 2.12. The van der Waals surface area contributed by atoms with E-state index in [9.17, 15) is 9.59 Å². The largest absolute Gasteiger partial charge is 0.481 e. The van der Waals surface area contributed by atoms with Crippen LogP contribution in [0, 0.1) is 0 Å². The van der Waals surface area contributed by atoms with E-state index in [1.807, 2.05) is 12.3 Å². The average molecular weight is 288 g/mol. The van der Waals surface area contributed by atoms with Gasteiger partial charge in [0, 0.05) is 31.1 Å². The Balaban J connectivity index is 2.30. The monoisotopic (exact) mass is 288 g/mol. The molecule has 5 nitrogen and oxygen atoms in total. The number of amides is 1. The minimum Gasteiger partial charge on any atom is -0.481 e. The maximum Gasteiger partial charge on any atom is 0.313 e. The Morgan fingerprint density at radius 1 is 1.50 bits per heavy atom. The van der Waals surface area contributed by atoms with Crippen molar-refractivity contribution in [2.45, 2.75) is 13.3 Å². The molecule has 18 heavy (non-hydrogen) atoms. The van der Waals surface area contributed by atoms with Crippen LogP contribution in [0.5, 0.6) is 0 Å². The molecular formula is C11H16N2O3S2. The number of carboxylic acid groups (broad SMARTS) is 1. The van der Waals surface area contributed by atoms with Gasteiger partial charge in [0.15, 0.2) is 0 Å². The van der Waals surface area contributed by atoms with Gasteiger partial charge in [-0.25, -0.2) is 4.98 Å². The van der Waals surface area contributed by atoms with Crippen LogP contribution in [-0.2, 0) is 16.0 Å². The fourth-order valence-corrected chi connectivity index (χ4v) is 2.63.